The summed E-state index contributed by atoms with van der Waals surface area (Å²) >= 11 is 1.44. The molecular formula is C20H29N5O5S. The normalized spacial score (nSPS) is 27.7. The molecule has 170 valence electrons. The summed E-state index contributed by atoms with van der Waals surface area (Å²) in [6, 6.07) is 1.31. The molecule has 4 rings (SSSR count). The maximum absolute atomic E-state index is 10.8. The molecule has 5 atom stereocenters. The van der Waals surface area contributed by atoms with Gasteiger partial charge in [0.25, 0.3) is 0 Å². The maximum atomic E-state index is 10.8. The van der Waals surface area contributed by atoms with Crippen molar-refractivity contribution >= 4 is 34.6 Å². The van der Waals surface area contributed by atoms with E-state index in [1.54, 1.807) is 17.1 Å². The van der Waals surface area contributed by atoms with E-state index in [0.717, 1.165) is 24.2 Å². The van der Waals surface area contributed by atoms with E-state index in [4.69, 9.17) is 15.6 Å². The number of ether oxygens (including phenoxy) is 1. The van der Waals surface area contributed by atoms with Gasteiger partial charge in [0.1, 0.15) is 23.8 Å². The number of carboxylic acid groups (broad SMARTS) is 1. The predicted molar refractivity (Wildman–Crippen MR) is 117 cm³/mol. The van der Waals surface area contributed by atoms with Gasteiger partial charge in [0, 0.05) is 18.0 Å². The summed E-state index contributed by atoms with van der Waals surface area (Å²) in [5.74, 6) is 0.634. The first-order chi connectivity index (χ1) is 15.0. The Morgan fingerprint density at radius 3 is 2.84 bits per heavy atom. The molecular weight excluding hydrogens is 422 g/mol. The summed E-state index contributed by atoms with van der Waals surface area (Å²) in [6.45, 7) is 0. The number of carbonyl (C=O) groups is 1. The van der Waals surface area contributed by atoms with Crippen molar-refractivity contribution in [3.63, 3.8) is 0 Å². The molecule has 0 radical (unpaired) electrons. The van der Waals surface area contributed by atoms with Gasteiger partial charge < -0.3 is 35.7 Å². The third-order valence-electron chi connectivity index (χ3n) is 5.97. The fraction of sp³-hybridized carbons (Fsp3) is 0.650. The standard InChI is InChI=1S/C20H29N5O5S/c21-12(20(28)29)6-8-31-9-14-16(26)17(27)19(30-14)25-10-23-15-13(25)5-7-22-18(15)24-11-3-1-2-4-11/h5,7,10-12,14,16-17,19,26-27H,1-4,6,8-9,21H2,(H,22,24)(H,28,29). The molecule has 2 aromatic rings. The predicted octanol–water partition coefficient (Wildman–Crippen LogP) is 0.940. The summed E-state index contributed by atoms with van der Waals surface area (Å²) in [6.07, 6.45) is 4.78. The minimum atomic E-state index is -1.11. The van der Waals surface area contributed by atoms with Crippen LogP contribution in [0.1, 0.15) is 38.3 Å². The van der Waals surface area contributed by atoms with Crippen LogP contribution in [0.25, 0.3) is 11.0 Å². The highest BCUT2D eigenvalue weighted by Crippen LogP contribution is 2.34. The first-order valence-corrected chi connectivity index (χ1v) is 11.8. The number of aliphatic hydroxyl groups excluding tert-OH is 2. The largest absolute Gasteiger partial charge is 0.480 e. The molecule has 1 saturated carbocycles. The number of carboxylic acids is 1. The highest BCUT2D eigenvalue weighted by atomic mass is 32.2. The van der Waals surface area contributed by atoms with Gasteiger partial charge in [-0.05, 0) is 31.1 Å². The van der Waals surface area contributed by atoms with Gasteiger partial charge in [-0.25, -0.2) is 9.97 Å². The van der Waals surface area contributed by atoms with Crippen molar-refractivity contribution in [3.8, 4) is 0 Å². The fourth-order valence-electron chi connectivity index (χ4n) is 4.16. The lowest BCUT2D eigenvalue weighted by atomic mass is 10.1. The molecule has 1 saturated heterocycles. The maximum Gasteiger partial charge on any atom is 0.320 e. The van der Waals surface area contributed by atoms with Crippen LogP contribution in [-0.4, -0.2) is 77.7 Å². The molecule has 10 nitrogen and oxygen atoms in total. The SMILES string of the molecule is NC(CCSCC1OC(n2cnc3c(NC4CCCC4)nccc32)C(O)C1O)C(=O)O. The van der Waals surface area contributed by atoms with Crippen molar-refractivity contribution in [1.29, 1.82) is 0 Å². The van der Waals surface area contributed by atoms with Crippen LogP contribution in [0.5, 0.6) is 0 Å². The number of thioether (sulfide) groups is 1. The fourth-order valence-corrected chi connectivity index (χ4v) is 5.26. The molecule has 1 aliphatic carbocycles. The number of nitrogens with two attached hydrogens (primary N) is 1. The van der Waals surface area contributed by atoms with Crippen LogP contribution in [-0.2, 0) is 9.53 Å². The topological polar surface area (TPSA) is 156 Å². The molecule has 6 N–H and O–H groups in total. The van der Waals surface area contributed by atoms with Gasteiger partial charge in [-0.1, -0.05) is 12.8 Å². The molecule has 11 heteroatoms. The van der Waals surface area contributed by atoms with E-state index < -0.39 is 36.6 Å². The highest BCUT2D eigenvalue weighted by Gasteiger charge is 2.44. The Kier molecular flexibility index (Phi) is 6.97. The number of pyridine rings is 1. The summed E-state index contributed by atoms with van der Waals surface area (Å²) < 4.78 is 7.71. The number of anilines is 1. The van der Waals surface area contributed by atoms with Crippen LogP contribution in [0.15, 0.2) is 18.6 Å². The molecule has 0 spiro atoms. The smallest absolute Gasteiger partial charge is 0.320 e. The number of nitrogens with zero attached hydrogens (tertiary/aromatic N) is 3. The third kappa shape index (κ3) is 4.80. The Labute approximate surface area is 184 Å². The number of rotatable bonds is 9. The Balaban J connectivity index is 1.42. The van der Waals surface area contributed by atoms with Crippen LogP contribution < -0.4 is 11.1 Å². The summed E-state index contributed by atoms with van der Waals surface area (Å²) in [4.78, 5) is 19.7. The van der Waals surface area contributed by atoms with Gasteiger partial charge >= 0.3 is 5.97 Å². The summed E-state index contributed by atoms with van der Waals surface area (Å²) in [7, 11) is 0. The Hall–Kier alpha value is -1.92. The first-order valence-electron chi connectivity index (χ1n) is 10.6. The molecule has 0 amide bonds. The molecule has 1 aliphatic heterocycles. The van der Waals surface area contributed by atoms with E-state index in [9.17, 15) is 15.0 Å². The molecule has 3 heterocycles. The number of imidazole rings is 1. The monoisotopic (exact) mass is 451 g/mol. The van der Waals surface area contributed by atoms with E-state index in [2.05, 4.69) is 15.3 Å². The van der Waals surface area contributed by atoms with Crippen molar-refractivity contribution in [2.24, 2.45) is 5.73 Å². The highest BCUT2D eigenvalue weighted by molar-refractivity contribution is 7.99. The van der Waals surface area contributed by atoms with E-state index >= 15 is 0 Å². The zero-order valence-electron chi connectivity index (χ0n) is 17.1. The Morgan fingerprint density at radius 1 is 1.32 bits per heavy atom. The Bertz CT molecular complexity index is 905. The zero-order chi connectivity index (χ0) is 22.0. The number of aliphatic carboxylic acids is 1. The molecule has 2 fully saturated rings. The number of aromatic nitrogens is 3. The van der Waals surface area contributed by atoms with Crippen LogP contribution in [0.2, 0.25) is 0 Å². The van der Waals surface area contributed by atoms with Crippen molar-refractivity contribution < 1.29 is 24.9 Å². The van der Waals surface area contributed by atoms with Crippen molar-refractivity contribution in [3.05, 3.63) is 18.6 Å². The average molecular weight is 452 g/mol. The van der Waals surface area contributed by atoms with Crippen molar-refractivity contribution in [1.82, 2.24) is 14.5 Å². The lowest BCUT2D eigenvalue weighted by Gasteiger charge is -2.17. The number of fused-ring (bicyclic) bond motifs is 1. The molecule has 5 unspecified atom stereocenters. The van der Waals surface area contributed by atoms with Crippen molar-refractivity contribution in [2.75, 3.05) is 16.8 Å². The second-order valence-corrected chi connectivity index (χ2v) is 9.31. The molecule has 0 bridgehead atoms. The second-order valence-electron chi connectivity index (χ2n) is 8.16. The van der Waals surface area contributed by atoms with Gasteiger partial charge in [0.2, 0.25) is 0 Å². The minimum Gasteiger partial charge on any atom is -0.480 e. The van der Waals surface area contributed by atoms with Crippen LogP contribution in [0.3, 0.4) is 0 Å². The van der Waals surface area contributed by atoms with Gasteiger partial charge in [0.15, 0.2) is 12.0 Å². The van der Waals surface area contributed by atoms with Crippen LogP contribution >= 0.6 is 11.8 Å². The first kappa shape index (κ1) is 22.3. The van der Waals surface area contributed by atoms with E-state index in [1.807, 2.05) is 6.07 Å². The molecule has 31 heavy (non-hydrogen) atoms. The third-order valence-corrected chi connectivity index (χ3v) is 7.06. The summed E-state index contributed by atoms with van der Waals surface area (Å²) in [5, 5.41) is 33.4. The quantitative estimate of drug-likeness (QED) is 0.348. The van der Waals surface area contributed by atoms with Crippen molar-refractivity contribution in [2.45, 2.75) is 68.7 Å². The van der Waals surface area contributed by atoms with Crippen LogP contribution in [0, 0.1) is 0 Å². The van der Waals surface area contributed by atoms with Gasteiger partial charge in [-0.15, -0.1) is 0 Å². The number of aliphatic hydroxyl groups is 2. The molecule has 2 aromatic heterocycles. The lowest BCUT2D eigenvalue weighted by molar-refractivity contribution is -0.138. The van der Waals surface area contributed by atoms with Gasteiger partial charge in [-0.3, -0.25) is 4.79 Å². The van der Waals surface area contributed by atoms with Gasteiger partial charge in [0.05, 0.1) is 17.9 Å². The number of hydrogen-bond donors (Lipinski definition) is 5. The number of nitrogens with one attached hydrogen (secondary N) is 1. The molecule has 2 aliphatic rings. The van der Waals surface area contributed by atoms with E-state index in [0.29, 0.717) is 29.5 Å². The second kappa shape index (κ2) is 9.70. The van der Waals surface area contributed by atoms with E-state index in [1.165, 1.54) is 24.6 Å². The number of hydrogen-bond acceptors (Lipinski definition) is 9. The average Bonchev–Trinajstić information content (AvgIpc) is 3.47. The lowest BCUT2D eigenvalue weighted by Crippen LogP contribution is -2.33. The van der Waals surface area contributed by atoms with Gasteiger partial charge in [-0.2, -0.15) is 11.8 Å². The van der Waals surface area contributed by atoms with E-state index in [-0.39, 0.29) is 0 Å². The Morgan fingerprint density at radius 2 is 2.10 bits per heavy atom. The minimum absolute atomic E-state index is 0.324. The van der Waals surface area contributed by atoms with Crippen LogP contribution in [0.4, 0.5) is 5.82 Å². The molecule has 0 aromatic carbocycles. The zero-order valence-corrected chi connectivity index (χ0v) is 17.9. The summed E-state index contributed by atoms with van der Waals surface area (Å²) in [5.41, 5.74) is 6.99.